The van der Waals surface area contributed by atoms with Gasteiger partial charge in [-0.1, -0.05) is 31.2 Å². The lowest BCUT2D eigenvalue weighted by Crippen LogP contribution is -2.02. The molecule has 2 aromatic rings. The first-order chi connectivity index (χ1) is 10.2. The molecule has 0 radical (unpaired) electrons. The molecule has 0 spiro atoms. The van der Waals surface area contributed by atoms with E-state index >= 15 is 0 Å². The van der Waals surface area contributed by atoms with E-state index in [1.807, 2.05) is 55.5 Å². The zero-order chi connectivity index (χ0) is 15.1. The molecule has 0 bridgehead atoms. The van der Waals surface area contributed by atoms with Crippen molar-refractivity contribution in [3.8, 4) is 11.5 Å². The SMILES string of the molecule is CCCOc1cccc(C(O)c2cccc(OCC)c2)c1. The summed E-state index contributed by atoms with van der Waals surface area (Å²) < 4.78 is 11.1. The Morgan fingerprint density at radius 3 is 2.00 bits per heavy atom. The van der Waals surface area contributed by atoms with Crippen molar-refractivity contribution in [3.63, 3.8) is 0 Å². The standard InChI is InChI=1S/C18H22O3/c1-3-11-21-17-10-6-8-15(13-17)18(19)14-7-5-9-16(12-14)20-4-2/h5-10,12-13,18-19H,3-4,11H2,1-2H3. The van der Waals surface area contributed by atoms with Gasteiger partial charge in [0.1, 0.15) is 17.6 Å². The lowest BCUT2D eigenvalue weighted by atomic mass is 10.0. The smallest absolute Gasteiger partial charge is 0.119 e. The fourth-order valence-electron chi connectivity index (χ4n) is 2.13. The molecule has 112 valence electrons. The molecule has 3 nitrogen and oxygen atoms in total. The largest absolute Gasteiger partial charge is 0.494 e. The molecule has 21 heavy (non-hydrogen) atoms. The van der Waals surface area contributed by atoms with Crippen molar-refractivity contribution < 1.29 is 14.6 Å². The number of aliphatic hydroxyl groups excluding tert-OH is 1. The maximum atomic E-state index is 10.5. The highest BCUT2D eigenvalue weighted by molar-refractivity contribution is 5.38. The van der Waals surface area contributed by atoms with E-state index < -0.39 is 6.10 Å². The van der Waals surface area contributed by atoms with Crippen LogP contribution in [0.15, 0.2) is 48.5 Å². The zero-order valence-corrected chi connectivity index (χ0v) is 12.6. The molecule has 0 aliphatic carbocycles. The third-order valence-corrected chi connectivity index (χ3v) is 3.13. The predicted molar refractivity (Wildman–Crippen MR) is 83.9 cm³/mol. The van der Waals surface area contributed by atoms with Crippen LogP contribution < -0.4 is 9.47 Å². The Bertz CT molecular complexity index is 566. The highest BCUT2D eigenvalue weighted by Crippen LogP contribution is 2.27. The summed E-state index contributed by atoms with van der Waals surface area (Å²) in [5.74, 6) is 1.56. The lowest BCUT2D eigenvalue weighted by Gasteiger charge is -2.14. The molecule has 1 unspecified atom stereocenters. The van der Waals surface area contributed by atoms with Gasteiger partial charge in [-0.05, 0) is 48.7 Å². The highest BCUT2D eigenvalue weighted by atomic mass is 16.5. The van der Waals surface area contributed by atoms with Crippen LogP contribution in [0, 0.1) is 0 Å². The first-order valence-corrected chi connectivity index (χ1v) is 7.38. The molecule has 0 aromatic heterocycles. The summed E-state index contributed by atoms with van der Waals surface area (Å²) in [6, 6.07) is 15.1. The van der Waals surface area contributed by atoms with E-state index in [0.29, 0.717) is 13.2 Å². The van der Waals surface area contributed by atoms with Gasteiger partial charge >= 0.3 is 0 Å². The third kappa shape index (κ3) is 4.23. The third-order valence-electron chi connectivity index (χ3n) is 3.13. The summed E-state index contributed by atoms with van der Waals surface area (Å²) in [6.45, 7) is 5.30. The summed E-state index contributed by atoms with van der Waals surface area (Å²) >= 11 is 0. The number of aliphatic hydroxyl groups is 1. The van der Waals surface area contributed by atoms with Crippen molar-refractivity contribution in [2.75, 3.05) is 13.2 Å². The number of rotatable bonds is 7. The minimum Gasteiger partial charge on any atom is -0.494 e. The summed E-state index contributed by atoms with van der Waals surface area (Å²) in [4.78, 5) is 0. The molecule has 1 N–H and O–H groups in total. The number of hydrogen-bond donors (Lipinski definition) is 1. The molecule has 0 heterocycles. The van der Waals surface area contributed by atoms with Crippen molar-refractivity contribution in [1.29, 1.82) is 0 Å². The molecule has 0 saturated heterocycles. The van der Waals surface area contributed by atoms with Crippen LogP contribution in [0.3, 0.4) is 0 Å². The van der Waals surface area contributed by atoms with Gasteiger partial charge in [-0.15, -0.1) is 0 Å². The Kier molecular flexibility index (Phi) is 5.64. The van der Waals surface area contributed by atoms with Gasteiger partial charge < -0.3 is 14.6 Å². The van der Waals surface area contributed by atoms with E-state index in [0.717, 1.165) is 29.0 Å². The Morgan fingerprint density at radius 2 is 1.48 bits per heavy atom. The molecular formula is C18H22O3. The number of ether oxygens (including phenoxy) is 2. The van der Waals surface area contributed by atoms with Gasteiger partial charge in [-0.25, -0.2) is 0 Å². The van der Waals surface area contributed by atoms with Crippen LogP contribution in [-0.2, 0) is 0 Å². The molecule has 0 aliphatic rings. The second-order valence-corrected chi connectivity index (χ2v) is 4.83. The van der Waals surface area contributed by atoms with Crippen molar-refractivity contribution >= 4 is 0 Å². The normalized spacial score (nSPS) is 12.0. The van der Waals surface area contributed by atoms with Crippen LogP contribution in [0.4, 0.5) is 0 Å². The van der Waals surface area contributed by atoms with Crippen molar-refractivity contribution in [2.24, 2.45) is 0 Å². The summed E-state index contributed by atoms with van der Waals surface area (Å²) in [5, 5.41) is 10.5. The van der Waals surface area contributed by atoms with Crippen LogP contribution >= 0.6 is 0 Å². The van der Waals surface area contributed by atoms with E-state index in [2.05, 4.69) is 6.92 Å². The van der Waals surface area contributed by atoms with Gasteiger partial charge in [-0.2, -0.15) is 0 Å². The van der Waals surface area contributed by atoms with E-state index in [1.54, 1.807) is 0 Å². The Labute approximate surface area is 126 Å². The quantitative estimate of drug-likeness (QED) is 0.837. The first-order valence-electron chi connectivity index (χ1n) is 7.38. The first kappa shape index (κ1) is 15.4. The average molecular weight is 286 g/mol. The second kappa shape index (κ2) is 7.70. The van der Waals surface area contributed by atoms with Gasteiger partial charge in [0.05, 0.1) is 13.2 Å². The second-order valence-electron chi connectivity index (χ2n) is 4.83. The molecule has 0 aliphatic heterocycles. The van der Waals surface area contributed by atoms with Crippen LogP contribution in [0.5, 0.6) is 11.5 Å². The van der Waals surface area contributed by atoms with Gasteiger partial charge in [-0.3, -0.25) is 0 Å². The Hall–Kier alpha value is -2.00. The highest BCUT2D eigenvalue weighted by Gasteiger charge is 2.12. The topological polar surface area (TPSA) is 38.7 Å². The minimum absolute atomic E-state index is 0.611. The van der Waals surface area contributed by atoms with Crippen LogP contribution in [0.2, 0.25) is 0 Å². The molecule has 0 saturated carbocycles. The van der Waals surface area contributed by atoms with E-state index in [9.17, 15) is 5.11 Å². The van der Waals surface area contributed by atoms with E-state index in [1.165, 1.54) is 0 Å². The predicted octanol–water partition coefficient (Wildman–Crippen LogP) is 3.96. The monoisotopic (exact) mass is 286 g/mol. The Balaban J connectivity index is 2.18. The van der Waals surface area contributed by atoms with Gasteiger partial charge in [0.25, 0.3) is 0 Å². The summed E-state index contributed by atoms with van der Waals surface area (Å²) in [5.41, 5.74) is 1.63. The maximum absolute atomic E-state index is 10.5. The van der Waals surface area contributed by atoms with Gasteiger partial charge in [0, 0.05) is 0 Å². The summed E-state index contributed by atoms with van der Waals surface area (Å²) in [6.07, 6.45) is 0.277. The van der Waals surface area contributed by atoms with E-state index in [4.69, 9.17) is 9.47 Å². The van der Waals surface area contributed by atoms with Crippen LogP contribution in [0.1, 0.15) is 37.5 Å². The van der Waals surface area contributed by atoms with Crippen molar-refractivity contribution in [1.82, 2.24) is 0 Å². The van der Waals surface area contributed by atoms with Crippen LogP contribution in [-0.4, -0.2) is 18.3 Å². The zero-order valence-electron chi connectivity index (χ0n) is 12.6. The maximum Gasteiger partial charge on any atom is 0.119 e. The molecule has 0 fully saturated rings. The summed E-state index contributed by atoms with van der Waals surface area (Å²) in [7, 11) is 0. The molecule has 0 amide bonds. The molecular weight excluding hydrogens is 264 g/mol. The molecule has 2 aromatic carbocycles. The average Bonchev–Trinajstić information content (AvgIpc) is 2.53. The molecule has 2 rings (SSSR count). The van der Waals surface area contributed by atoms with E-state index in [-0.39, 0.29) is 0 Å². The Morgan fingerprint density at radius 1 is 0.905 bits per heavy atom. The lowest BCUT2D eigenvalue weighted by molar-refractivity contribution is 0.218. The van der Waals surface area contributed by atoms with Crippen molar-refractivity contribution in [3.05, 3.63) is 59.7 Å². The molecule has 3 heteroatoms. The number of hydrogen-bond acceptors (Lipinski definition) is 3. The fraction of sp³-hybridized carbons (Fsp3) is 0.333. The van der Waals surface area contributed by atoms with Gasteiger partial charge in [0.15, 0.2) is 0 Å². The van der Waals surface area contributed by atoms with Crippen LogP contribution in [0.25, 0.3) is 0 Å². The van der Waals surface area contributed by atoms with Gasteiger partial charge in [0.2, 0.25) is 0 Å². The fourth-order valence-corrected chi connectivity index (χ4v) is 2.13. The van der Waals surface area contributed by atoms with Crippen molar-refractivity contribution in [2.45, 2.75) is 26.4 Å². The number of benzene rings is 2. The molecule has 1 atom stereocenters. The minimum atomic E-state index is -0.685.